The molecule has 0 saturated carbocycles. The largest absolute Gasteiger partial charge is 0.483 e. The van der Waals surface area contributed by atoms with E-state index in [0.717, 1.165) is 18.6 Å². The molecule has 40 heavy (non-hydrogen) atoms. The van der Waals surface area contributed by atoms with Gasteiger partial charge in [-0.1, -0.05) is 13.8 Å². The molecule has 1 saturated heterocycles. The van der Waals surface area contributed by atoms with Gasteiger partial charge < -0.3 is 14.2 Å². The minimum absolute atomic E-state index is 0.0914. The summed E-state index contributed by atoms with van der Waals surface area (Å²) >= 11 is 0. The topological polar surface area (TPSA) is 82.1 Å². The molecule has 4 rings (SSSR count). The van der Waals surface area contributed by atoms with E-state index in [4.69, 9.17) is 18.8 Å². The fourth-order valence-corrected chi connectivity index (χ4v) is 6.56. The Bertz CT molecular complexity index is 1430. The summed E-state index contributed by atoms with van der Waals surface area (Å²) in [5, 5.41) is -4.53. The Morgan fingerprint density at radius 1 is 0.875 bits per heavy atom. The van der Waals surface area contributed by atoms with Gasteiger partial charge in [-0.15, -0.1) is 0 Å². The first kappa shape index (κ1) is 30.3. The van der Waals surface area contributed by atoms with Crippen molar-refractivity contribution in [1.82, 2.24) is 0 Å². The lowest BCUT2D eigenvalue weighted by Crippen LogP contribution is -2.43. The lowest BCUT2D eigenvalue weighted by molar-refractivity contribution is -0.298. The summed E-state index contributed by atoms with van der Waals surface area (Å²) < 4.78 is 104. The maximum atomic E-state index is 14.2. The Morgan fingerprint density at radius 2 is 1.35 bits per heavy atom. The molecule has 0 spiro atoms. The highest BCUT2D eigenvalue weighted by atomic mass is 32.2. The van der Waals surface area contributed by atoms with E-state index in [1.54, 1.807) is 12.1 Å². The Kier molecular flexibility index (Phi) is 8.32. The zero-order chi connectivity index (χ0) is 29.5. The zero-order valence-electron chi connectivity index (χ0n) is 22.2. The SMILES string of the molecule is CC(Oc1ccc([S+](c2ccc(C3(C)OCC(C)(C)CO3)cc2)c2cc(F)cc(F)c2)cc1)C(F)(F)S(=O)(=O)O. The first-order chi connectivity index (χ1) is 18.5. The lowest BCUT2D eigenvalue weighted by Gasteiger charge is -2.41. The third-order valence-electron chi connectivity index (χ3n) is 6.35. The number of hydrogen-bond donors (Lipinski definition) is 1. The van der Waals surface area contributed by atoms with Crippen LogP contribution in [0.1, 0.15) is 33.3 Å². The molecule has 12 heteroatoms. The van der Waals surface area contributed by atoms with E-state index in [-0.39, 0.29) is 11.2 Å². The standard InChI is InChI=1S/C28H28F4O6S2/c1-18(28(31,32)40(33,34)35)38-22-7-11-24(12-8-22)39(25-14-20(29)13-21(30)15-25)23-9-5-19(6-10-23)27(4)36-16-26(2,3)17-37-27/h5-15,18H,16-17H2,1-4H3/p+1. The van der Waals surface area contributed by atoms with E-state index in [2.05, 4.69) is 0 Å². The van der Waals surface area contributed by atoms with Crippen molar-refractivity contribution in [1.29, 1.82) is 0 Å². The van der Waals surface area contributed by atoms with Crippen molar-refractivity contribution >= 4 is 21.0 Å². The van der Waals surface area contributed by atoms with Crippen LogP contribution < -0.4 is 4.74 Å². The van der Waals surface area contributed by atoms with Gasteiger partial charge in [-0.2, -0.15) is 17.2 Å². The summed E-state index contributed by atoms with van der Waals surface area (Å²) in [5.74, 6) is -2.57. The van der Waals surface area contributed by atoms with Gasteiger partial charge in [0.1, 0.15) is 17.4 Å². The minimum Gasteiger partial charge on any atom is -0.483 e. The second-order valence-corrected chi connectivity index (χ2v) is 13.9. The van der Waals surface area contributed by atoms with Gasteiger partial charge in [0.25, 0.3) is 0 Å². The van der Waals surface area contributed by atoms with E-state index in [9.17, 15) is 26.0 Å². The van der Waals surface area contributed by atoms with Crippen LogP contribution in [0.15, 0.2) is 81.4 Å². The molecule has 1 fully saturated rings. The van der Waals surface area contributed by atoms with Crippen LogP contribution in [0.2, 0.25) is 0 Å². The van der Waals surface area contributed by atoms with Gasteiger partial charge in [-0.3, -0.25) is 4.55 Å². The molecule has 6 nitrogen and oxygen atoms in total. The van der Waals surface area contributed by atoms with Gasteiger partial charge in [-0.25, -0.2) is 8.78 Å². The Balaban J connectivity index is 1.66. The highest BCUT2D eigenvalue weighted by molar-refractivity contribution is 7.97. The molecule has 0 aliphatic carbocycles. The van der Waals surface area contributed by atoms with Crippen LogP contribution in [0.3, 0.4) is 0 Å². The molecule has 216 valence electrons. The highest BCUT2D eigenvalue weighted by Gasteiger charge is 2.51. The van der Waals surface area contributed by atoms with Crippen molar-refractivity contribution in [3.63, 3.8) is 0 Å². The molecule has 3 aromatic carbocycles. The van der Waals surface area contributed by atoms with Crippen LogP contribution in [-0.2, 0) is 36.3 Å². The molecule has 1 N–H and O–H groups in total. The number of rotatable bonds is 8. The third kappa shape index (κ3) is 6.46. The number of hydrogen-bond acceptors (Lipinski definition) is 5. The summed E-state index contributed by atoms with van der Waals surface area (Å²) in [7, 11) is -6.72. The van der Waals surface area contributed by atoms with Crippen molar-refractivity contribution in [2.75, 3.05) is 13.2 Å². The number of benzene rings is 3. The second-order valence-electron chi connectivity index (χ2n) is 10.4. The van der Waals surface area contributed by atoms with Crippen LogP contribution in [0.25, 0.3) is 0 Å². The molecule has 0 amide bonds. The van der Waals surface area contributed by atoms with Crippen molar-refractivity contribution in [3.05, 3.63) is 83.9 Å². The summed E-state index contributed by atoms with van der Waals surface area (Å²) in [6.45, 7) is 7.71. The van der Waals surface area contributed by atoms with Gasteiger partial charge in [0.05, 0.1) is 24.1 Å². The van der Waals surface area contributed by atoms with E-state index in [1.807, 2.05) is 32.9 Å². The molecular formula is C28H29F4O6S2+. The smallest absolute Gasteiger partial charge is 0.405 e. The van der Waals surface area contributed by atoms with Crippen molar-refractivity contribution in [2.45, 2.75) is 59.5 Å². The van der Waals surface area contributed by atoms with Gasteiger partial charge in [0.15, 0.2) is 26.6 Å². The van der Waals surface area contributed by atoms with E-state index in [0.29, 0.717) is 27.9 Å². The van der Waals surface area contributed by atoms with Gasteiger partial charge >= 0.3 is 15.4 Å². The maximum Gasteiger partial charge on any atom is 0.405 e. The first-order valence-corrected chi connectivity index (χ1v) is 14.9. The molecular weight excluding hydrogens is 572 g/mol. The third-order valence-corrected chi connectivity index (χ3v) is 9.57. The van der Waals surface area contributed by atoms with Gasteiger partial charge in [0.2, 0.25) is 0 Å². The van der Waals surface area contributed by atoms with Crippen LogP contribution in [-0.4, -0.2) is 37.5 Å². The molecule has 0 bridgehead atoms. The van der Waals surface area contributed by atoms with Gasteiger partial charge in [0, 0.05) is 29.2 Å². The minimum atomic E-state index is -5.69. The van der Waals surface area contributed by atoms with Crippen LogP contribution in [0.5, 0.6) is 5.75 Å². The van der Waals surface area contributed by atoms with E-state index in [1.165, 1.54) is 36.4 Å². The lowest BCUT2D eigenvalue weighted by atomic mass is 9.94. The molecule has 1 heterocycles. The molecule has 3 aromatic rings. The van der Waals surface area contributed by atoms with Crippen molar-refractivity contribution in [3.8, 4) is 5.75 Å². The van der Waals surface area contributed by atoms with E-state index < -0.39 is 49.8 Å². The molecule has 1 aliphatic rings. The predicted octanol–water partition coefficient (Wildman–Crippen LogP) is 6.55. The number of alkyl halides is 2. The van der Waals surface area contributed by atoms with Crippen LogP contribution in [0, 0.1) is 17.0 Å². The van der Waals surface area contributed by atoms with Crippen LogP contribution >= 0.6 is 0 Å². The molecule has 2 unspecified atom stereocenters. The Morgan fingerprint density at radius 3 is 1.82 bits per heavy atom. The summed E-state index contributed by atoms with van der Waals surface area (Å²) in [4.78, 5) is 1.62. The first-order valence-electron chi connectivity index (χ1n) is 12.2. The van der Waals surface area contributed by atoms with Crippen LogP contribution in [0.4, 0.5) is 17.6 Å². The molecule has 0 radical (unpaired) electrons. The highest BCUT2D eigenvalue weighted by Crippen LogP contribution is 2.39. The maximum absolute atomic E-state index is 14.2. The number of ether oxygens (including phenoxy) is 3. The summed E-state index contributed by atoms with van der Waals surface area (Å²) in [6, 6.07) is 16.2. The average Bonchev–Trinajstić information content (AvgIpc) is 2.86. The second kappa shape index (κ2) is 11.0. The number of halogens is 4. The van der Waals surface area contributed by atoms with Crippen molar-refractivity contribution < 1.29 is 44.7 Å². The Labute approximate surface area is 233 Å². The van der Waals surface area contributed by atoms with E-state index >= 15 is 0 Å². The normalized spacial score (nSPS) is 18.6. The summed E-state index contributed by atoms with van der Waals surface area (Å²) in [6.07, 6.45) is -2.19. The zero-order valence-corrected chi connectivity index (χ0v) is 23.8. The molecule has 2 atom stereocenters. The molecule has 0 aromatic heterocycles. The van der Waals surface area contributed by atoms with Gasteiger partial charge in [-0.05, 0) is 62.4 Å². The monoisotopic (exact) mass is 601 g/mol. The summed E-state index contributed by atoms with van der Waals surface area (Å²) in [5.41, 5.74) is 0.641. The Hall–Kier alpha value is -2.64. The molecule has 1 aliphatic heterocycles. The average molecular weight is 602 g/mol. The fourth-order valence-electron chi connectivity index (χ4n) is 4.00. The van der Waals surface area contributed by atoms with Crippen molar-refractivity contribution in [2.24, 2.45) is 5.41 Å². The fraction of sp³-hybridized carbons (Fsp3) is 0.357. The quantitative estimate of drug-likeness (QED) is 0.179. The predicted molar refractivity (Wildman–Crippen MR) is 141 cm³/mol.